The van der Waals surface area contributed by atoms with Crippen LogP contribution in [0.1, 0.15) is 96.0 Å². The molecule has 0 amide bonds. The topological polar surface area (TPSA) is 35.0 Å². The fourth-order valence-electron chi connectivity index (χ4n) is 4.44. The van der Waals surface area contributed by atoms with Crippen LogP contribution in [0, 0.1) is 5.92 Å². The fourth-order valence-corrected chi connectivity index (χ4v) is 4.44. The van der Waals surface area contributed by atoms with Gasteiger partial charge in [0.25, 0.3) is 0 Å². The molecule has 0 bridgehead atoms. The fraction of sp³-hybridized carbons (Fsp3) is 0.615. The van der Waals surface area contributed by atoms with Gasteiger partial charge in [-0.1, -0.05) is 52.4 Å². The van der Waals surface area contributed by atoms with Crippen molar-refractivity contribution < 1.29 is 4.74 Å². The van der Waals surface area contributed by atoms with Gasteiger partial charge in [-0.05, 0) is 73.8 Å². The van der Waals surface area contributed by atoms with Crippen molar-refractivity contribution in [1.29, 1.82) is 0 Å². The molecule has 0 N–H and O–H groups in total. The van der Waals surface area contributed by atoms with Gasteiger partial charge in [-0.2, -0.15) is 0 Å². The van der Waals surface area contributed by atoms with E-state index in [4.69, 9.17) is 4.74 Å². The Balaban J connectivity index is 1.46. The number of nitrogens with zero attached hydrogens (tertiary/aromatic N) is 2. The van der Waals surface area contributed by atoms with Crippen LogP contribution in [0.5, 0.6) is 5.75 Å². The Morgan fingerprint density at radius 1 is 0.828 bits per heavy atom. The quantitative estimate of drug-likeness (QED) is 0.369. The normalized spacial score (nSPS) is 19.2. The van der Waals surface area contributed by atoms with Crippen molar-refractivity contribution in [3.05, 3.63) is 42.2 Å². The summed E-state index contributed by atoms with van der Waals surface area (Å²) >= 11 is 0. The number of benzene rings is 1. The van der Waals surface area contributed by atoms with Gasteiger partial charge in [-0.3, -0.25) is 0 Å². The first-order valence-electron chi connectivity index (χ1n) is 11.8. The Morgan fingerprint density at radius 3 is 2.17 bits per heavy atom. The van der Waals surface area contributed by atoms with E-state index in [0.29, 0.717) is 5.92 Å². The second-order valence-electron chi connectivity index (χ2n) is 8.63. The summed E-state index contributed by atoms with van der Waals surface area (Å²) in [6.07, 6.45) is 18.9. The molecule has 1 fully saturated rings. The van der Waals surface area contributed by atoms with Crippen LogP contribution in [0.3, 0.4) is 0 Å². The first kappa shape index (κ1) is 21.8. The smallest absolute Gasteiger partial charge is 0.159 e. The molecule has 0 atom stereocenters. The highest BCUT2D eigenvalue weighted by molar-refractivity contribution is 5.56. The van der Waals surface area contributed by atoms with Crippen LogP contribution in [0.4, 0.5) is 0 Å². The largest absolute Gasteiger partial charge is 0.494 e. The third-order valence-electron chi connectivity index (χ3n) is 6.29. The maximum Gasteiger partial charge on any atom is 0.159 e. The first-order valence-corrected chi connectivity index (χ1v) is 11.8. The zero-order chi connectivity index (χ0) is 20.3. The summed E-state index contributed by atoms with van der Waals surface area (Å²) < 4.78 is 5.65. The highest BCUT2D eigenvalue weighted by atomic mass is 16.5. The SMILES string of the molecule is CCCCCCCC1CCC(c2cnc(-c3ccc(OCCC)cc3)nc2)CC1. The van der Waals surface area contributed by atoms with Crippen LogP contribution in [-0.4, -0.2) is 16.6 Å². The van der Waals surface area contributed by atoms with Crippen LogP contribution < -0.4 is 4.74 Å². The van der Waals surface area contributed by atoms with E-state index in [9.17, 15) is 0 Å². The maximum absolute atomic E-state index is 5.65. The van der Waals surface area contributed by atoms with Gasteiger partial charge in [0, 0.05) is 18.0 Å². The number of aromatic nitrogens is 2. The summed E-state index contributed by atoms with van der Waals surface area (Å²) in [4.78, 5) is 9.32. The number of unbranched alkanes of at least 4 members (excludes halogenated alkanes) is 4. The van der Waals surface area contributed by atoms with Crippen molar-refractivity contribution in [1.82, 2.24) is 9.97 Å². The Morgan fingerprint density at radius 2 is 1.52 bits per heavy atom. The maximum atomic E-state index is 5.65. The van der Waals surface area contributed by atoms with E-state index in [-0.39, 0.29) is 0 Å². The number of hydrogen-bond donors (Lipinski definition) is 0. The van der Waals surface area contributed by atoms with E-state index < -0.39 is 0 Å². The summed E-state index contributed by atoms with van der Waals surface area (Å²) in [6.45, 7) is 5.16. The van der Waals surface area contributed by atoms with Crippen molar-refractivity contribution in [3.63, 3.8) is 0 Å². The van der Waals surface area contributed by atoms with E-state index in [2.05, 4.69) is 36.2 Å². The lowest BCUT2D eigenvalue weighted by atomic mass is 9.77. The van der Waals surface area contributed by atoms with Gasteiger partial charge in [0.15, 0.2) is 5.82 Å². The Bertz CT molecular complexity index is 688. The summed E-state index contributed by atoms with van der Waals surface area (Å²) in [6, 6.07) is 8.11. The van der Waals surface area contributed by atoms with Gasteiger partial charge in [0.1, 0.15) is 5.75 Å². The minimum Gasteiger partial charge on any atom is -0.494 e. The van der Waals surface area contributed by atoms with Crippen molar-refractivity contribution in [2.24, 2.45) is 5.92 Å². The summed E-state index contributed by atoms with van der Waals surface area (Å²) in [5, 5.41) is 0. The lowest BCUT2D eigenvalue weighted by molar-refractivity contribution is 0.301. The van der Waals surface area contributed by atoms with Crippen LogP contribution in [0.2, 0.25) is 0 Å². The van der Waals surface area contributed by atoms with E-state index in [1.165, 1.54) is 69.8 Å². The molecule has 1 saturated carbocycles. The number of rotatable bonds is 11. The van der Waals surface area contributed by atoms with Crippen molar-refractivity contribution in [2.45, 2.75) is 90.4 Å². The average Bonchev–Trinajstić information content (AvgIpc) is 2.78. The molecule has 0 radical (unpaired) electrons. The molecule has 0 spiro atoms. The molecule has 1 heterocycles. The summed E-state index contributed by atoms with van der Waals surface area (Å²) in [7, 11) is 0. The molecular weight excluding hydrogens is 356 g/mol. The molecule has 3 rings (SSSR count). The lowest BCUT2D eigenvalue weighted by Crippen LogP contribution is -2.14. The van der Waals surface area contributed by atoms with E-state index >= 15 is 0 Å². The van der Waals surface area contributed by atoms with Crippen molar-refractivity contribution in [3.8, 4) is 17.1 Å². The van der Waals surface area contributed by atoms with Gasteiger partial charge in [0.2, 0.25) is 0 Å². The molecule has 3 nitrogen and oxygen atoms in total. The van der Waals surface area contributed by atoms with Crippen molar-refractivity contribution >= 4 is 0 Å². The number of ether oxygens (including phenoxy) is 1. The van der Waals surface area contributed by atoms with Crippen LogP contribution in [0.25, 0.3) is 11.4 Å². The average molecular weight is 395 g/mol. The molecule has 158 valence electrons. The molecule has 1 aliphatic rings. The van der Waals surface area contributed by atoms with Gasteiger partial charge >= 0.3 is 0 Å². The third-order valence-corrected chi connectivity index (χ3v) is 6.29. The Hall–Kier alpha value is -1.90. The molecular formula is C26H38N2O. The summed E-state index contributed by atoms with van der Waals surface area (Å²) in [5.41, 5.74) is 2.37. The van der Waals surface area contributed by atoms with Crippen LogP contribution in [0.15, 0.2) is 36.7 Å². The van der Waals surface area contributed by atoms with Crippen molar-refractivity contribution in [2.75, 3.05) is 6.61 Å². The van der Waals surface area contributed by atoms with Crippen LogP contribution in [-0.2, 0) is 0 Å². The second kappa shape index (κ2) is 11.9. The zero-order valence-corrected chi connectivity index (χ0v) is 18.4. The van der Waals surface area contributed by atoms with E-state index in [0.717, 1.165) is 36.1 Å². The molecule has 0 saturated heterocycles. The molecule has 0 unspecified atom stereocenters. The minimum absolute atomic E-state index is 0.644. The second-order valence-corrected chi connectivity index (χ2v) is 8.63. The standard InChI is InChI=1S/C26H38N2O/c1-3-5-6-7-8-9-21-10-12-22(13-11-21)24-19-27-26(28-20-24)23-14-16-25(17-15-23)29-18-4-2/h14-17,19-22H,3-13,18H2,1-2H3. The van der Waals surface area contributed by atoms with Crippen LogP contribution >= 0.6 is 0 Å². The molecule has 1 aromatic carbocycles. The van der Waals surface area contributed by atoms with E-state index in [1.54, 1.807) is 0 Å². The number of hydrogen-bond acceptors (Lipinski definition) is 3. The molecule has 1 aromatic heterocycles. The Labute approximate surface area is 177 Å². The third kappa shape index (κ3) is 6.83. The molecule has 1 aliphatic carbocycles. The van der Waals surface area contributed by atoms with Gasteiger partial charge < -0.3 is 4.74 Å². The summed E-state index contributed by atoms with van der Waals surface area (Å²) in [5.74, 6) is 3.30. The molecule has 3 heteroatoms. The molecule has 2 aromatic rings. The first-order chi connectivity index (χ1) is 14.3. The monoisotopic (exact) mass is 394 g/mol. The predicted molar refractivity (Wildman–Crippen MR) is 121 cm³/mol. The van der Waals surface area contributed by atoms with Gasteiger partial charge in [-0.15, -0.1) is 0 Å². The minimum atomic E-state index is 0.644. The molecule has 29 heavy (non-hydrogen) atoms. The lowest BCUT2D eigenvalue weighted by Gasteiger charge is -2.28. The predicted octanol–water partition coefficient (Wildman–Crippen LogP) is 7.57. The highest BCUT2D eigenvalue weighted by Gasteiger charge is 2.22. The van der Waals surface area contributed by atoms with E-state index in [1.807, 2.05) is 24.3 Å². The zero-order valence-electron chi connectivity index (χ0n) is 18.4. The Kier molecular flexibility index (Phi) is 8.98. The van der Waals surface area contributed by atoms with Gasteiger partial charge in [-0.25, -0.2) is 9.97 Å². The molecule has 0 aliphatic heterocycles. The van der Waals surface area contributed by atoms with Gasteiger partial charge in [0.05, 0.1) is 6.61 Å². The highest BCUT2D eigenvalue weighted by Crippen LogP contribution is 2.37.